The standard InChI is InChI=1S/C28H33F3N2O4.C17H27F3N2O3/c1-27(2,3)26(35)37-25-22-11-17-10-21(24(25)33(15-17)23(34)13-28(29,30)31)32(22)14-16-5-6-19-12-20(36-4)8-7-18(19)9-16;1-9-5-10-6-11(21)13(14(9)25-15(24)16(2,3)4)22(8-10)12(23)7-17(18,19)20/h5-9,12,17,21-22,24-25H,10-11,13-15H2,1-4H3;9-11,13-14H,5-8,21H2,1-4H3/t17?,21-,22+,24?,25+;9-,10?,11+,13?,14-/m10/s1. The van der Waals surface area contributed by atoms with Crippen LogP contribution < -0.4 is 10.5 Å². The molecule has 17 heteroatoms. The van der Waals surface area contributed by atoms with Gasteiger partial charge in [-0.15, -0.1) is 0 Å². The number of halogens is 6. The summed E-state index contributed by atoms with van der Waals surface area (Å²) in [5, 5.41) is 2.10. The van der Waals surface area contributed by atoms with Crippen LogP contribution >= 0.6 is 0 Å². The third-order valence-electron chi connectivity index (χ3n) is 12.9. The molecular formula is C45H60F6N4O7. The molecule has 4 unspecified atom stereocenters. The molecule has 10 atom stereocenters. The molecule has 5 bridgehead atoms. The fourth-order valence-corrected chi connectivity index (χ4v) is 10.1. The van der Waals surface area contributed by atoms with Crippen molar-refractivity contribution in [3.05, 3.63) is 42.0 Å². The van der Waals surface area contributed by atoms with Gasteiger partial charge in [0, 0.05) is 37.8 Å². The van der Waals surface area contributed by atoms with Crippen LogP contribution in [0.25, 0.3) is 10.8 Å². The van der Waals surface area contributed by atoms with Crippen molar-refractivity contribution in [2.75, 3.05) is 20.2 Å². The number of rotatable bonds is 7. The molecule has 11 nitrogen and oxygen atoms in total. The highest BCUT2D eigenvalue weighted by Crippen LogP contribution is 2.48. The van der Waals surface area contributed by atoms with E-state index in [0.29, 0.717) is 25.8 Å². The van der Waals surface area contributed by atoms with Gasteiger partial charge >= 0.3 is 24.3 Å². The minimum Gasteiger partial charge on any atom is -0.497 e. The number of alkyl halides is 6. The predicted molar refractivity (Wildman–Crippen MR) is 217 cm³/mol. The van der Waals surface area contributed by atoms with E-state index in [9.17, 15) is 45.5 Å². The van der Waals surface area contributed by atoms with Gasteiger partial charge in [0.05, 0.1) is 30.0 Å². The predicted octanol–water partition coefficient (Wildman–Crippen LogP) is 7.41. The molecule has 5 aliphatic heterocycles. The minimum absolute atomic E-state index is 0.0248. The molecule has 5 heterocycles. The van der Waals surface area contributed by atoms with Crippen molar-refractivity contribution >= 4 is 34.5 Å². The van der Waals surface area contributed by atoms with Crippen molar-refractivity contribution in [3.8, 4) is 5.75 Å². The summed E-state index contributed by atoms with van der Waals surface area (Å²) in [5.74, 6) is -1.97. The van der Waals surface area contributed by atoms with E-state index in [1.165, 1.54) is 9.80 Å². The maximum absolute atomic E-state index is 13.2. The zero-order chi connectivity index (χ0) is 45.9. The molecule has 5 saturated heterocycles. The van der Waals surface area contributed by atoms with E-state index >= 15 is 0 Å². The Labute approximate surface area is 358 Å². The number of methoxy groups -OCH3 is 1. The molecule has 1 aliphatic carbocycles. The second-order valence-electron chi connectivity index (χ2n) is 20.1. The van der Waals surface area contributed by atoms with Gasteiger partial charge in [-0.3, -0.25) is 24.1 Å². The van der Waals surface area contributed by atoms with Crippen molar-refractivity contribution < 1.29 is 59.7 Å². The minimum atomic E-state index is -4.59. The molecule has 2 aromatic carbocycles. The van der Waals surface area contributed by atoms with Gasteiger partial charge in [0.25, 0.3) is 0 Å². The highest BCUT2D eigenvalue weighted by molar-refractivity contribution is 5.84. The number of fused-ring (bicyclic) bond motifs is 7. The Kier molecular flexibility index (Phi) is 13.3. The zero-order valence-corrected chi connectivity index (χ0v) is 36.6. The summed E-state index contributed by atoms with van der Waals surface area (Å²) in [6.07, 6.45) is -10.8. The van der Waals surface area contributed by atoms with Crippen molar-refractivity contribution in [1.82, 2.24) is 14.7 Å². The largest absolute Gasteiger partial charge is 0.497 e. The maximum atomic E-state index is 13.2. The number of nitrogens with zero attached hydrogens (tertiary/aromatic N) is 3. The van der Waals surface area contributed by atoms with Gasteiger partial charge in [0.1, 0.15) is 30.8 Å². The quantitative estimate of drug-likeness (QED) is 0.223. The summed E-state index contributed by atoms with van der Waals surface area (Å²) < 4.78 is 94.5. The van der Waals surface area contributed by atoms with Crippen molar-refractivity contribution in [3.63, 3.8) is 0 Å². The summed E-state index contributed by atoms with van der Waals surface area (Å²) in [7, 11) is 1.63. The molecule has 2 N–H and O–H groups in total. The Morgan fingerprint density at radius 1 is 0.677 bits per heavy atom. The van der Waals surface area contributed by atoms with Crippen molar-refractivity contribution in [1.29, 1.82) is 0 Å². The van der Waals surface area contributed by atoms with Crippen LogP contribution in [0.5, 0.6) is 5.75 Å². The molecule has 6 fully saturated rings. The number of carbonyl (C=O) groups excluding carboxylic acids is 4. The van der Waals surface area contributed by atoms with Gasteiger partial charge in [0.15, 0.2) is 0 Å². The summed E-state index contributed by atoms with van der Waals surface area (Å²) in [5.41, 5.74) is 5.73. The molecule has 0 aromatic heterocycles. The average molecular weight is 883 g/mol. The summed E-state index contributed by atoms with van der Waals surface area (Å²) in [6.45, 7) is 13.4. The van der Waals surface area contributed by atoms with Gasteiger partial charge in [0.2, 0.25) is 11.8 Å². The summed E-state index contributed by atoms with van der Waals surface area (Å²) >= 11 is 0. The number of ether oxygens (including phenoxy) is 3. The fourth-order valence-electron chi connectivity index (χ4n) is 10.1. The number of hydrogen-bond acceptors (Lipinski definition) is 9. The number of nitrogens with two attached hydrogens (primary N) is 1. The Hall–Kier alpha value is -4.12. The van der Waals surface area contributed by atoms with Crippen LogP contribution in [-0.2, 0) is 35.2 Å². The molecule has 2 aromatic rings. The SMILES string of the molecule is COc1ccc2cc(CN3[C@@H]4CC5C[C@H]3[C@H](OC(=O)C(C)(C)C)C4N(C(=O)CC(F)(F)F)C5)ccc2c1.C[C@H]1CC2C[C@@H](N)C([C@H]1OC(=O)C(C)(C)C)N(C(=O)CC(F)(F)F)C2. The van der Waals surface area contributed by atoms with Gasteiger partial charge in [-0.05, 0) is 120 Å². The number of hydrogen-bond donors (Lipinski definition) is 1. The third kappa shape index (κ3) is 10.6. The Balaban J connectivity index is 0.000000224. The fraction of sp³-hybridized carbons (Fsp3) is 0.689. The topological polar surface area (TPSA) is 132 Å². The Morgan fingerprint density at radius 3 is 1.73 bits per heavy atom. The van der Waals surface area contributed by atoms with Crippen LogP contribution in [0.3, 0.4) is 0 Å². The first kappa shape index (κ1) is 47.4. The first-order valence-electron chi connectivity index (χ1n) is 21.4. The molecule has 0 radical (unpaired) electrons. The Bertz CT molecular complexity index is 2000. The second kappa shape index (κ2) is 17.5. The lowest BCUT2D eigenvalue weighted by Gasteiger charge is -2.46. The van der Waals surface area contributed by atoms with E-state index in [1.54, 1.807) is 48.7 Å². The highest BCUT2D eigenvalue weighted by Gasteiger charge is 2.61. The molecule has 1 saturated carbocycles. The van der Waals surface area contributed by atoms with Crippen LogP contribution in [0.15, 0.2) is 36.4 Å². The molecule has 0 spiro atoms. The van der Waals surface area contributed by atoms with Gasteiger partial charge in [-0.2, -0.15) is 26.3 Å². The maximum Gasteiger partial charge on any atom is 0.397 e. The molecule has 8 rings (SSSR count). The lowest BCUT2D eigenvalue weighted by molar-refractivity contribution is -0.175. The number of amides is 2. The van der Waals surface area contributed by atoms with E-state index in [4.69, 9.17) is 19.9 Å². The van der Waals surface area contributed by atoms with Crippen LogP contribution in [0.1, 0.15) is 92.6 Å². The highest BCUT2D eigenvalue weighted by atomic mass is 19.4. The lowest BCUT2D eigenvalue weighted by Crippen LogP contribution is -2.61. The van der Waals surface area contributed by atoms with Crippen molar-refractivity contribution in [2.45, 2.75) is 148 Å². The third-order valence-corrected chi connectivity index (χ3v) is 12.9. The first-order valence-corrected chi connectivity index (χ1v) is 21.4. The summed E-state index contributed by atoms with van der Waals surface area (Å²) in [6, 6.07) is 9.91. The number of piperidine rings is 3. The van der Waals surface area contributed by atoms with Crippen LogP contribution in [0.4, 0.5) is 26.3 Å². The molecule has 62 heavy (non-hydrogen) atoms. The van der Waals surface area contributed by atoms with Crippen molar-refractivity contribution in [2.24, 2.45) is 34.3 Å². The van der Waals surface area contributed by atoms with E-state index < -0.39 is 90.1 Å². The van der Waals surface area contributed by atoms with E-state index in [0.717, 1.165) is 28.5 Å². The monoisotopic (exact) mass is 882 g/mol. The van der Waals surface area contributed by atoms with Gasteiger partial charge < -0.3 is 29.7 Å². The number of benzene rings is 2. The Morgan fingerprint density at radius 2 is 1.18 bits per heavy atom. The first-order chi connectivity index (χ1) is 28.6. The normalized spacial score (nSPS) is 29.8. The average Bonchev–Trinajstić information content (AvgIpc) is 3.32. The number of esters is 2. The molecule has 2 amide bonds. The molecule has 344 valence electrons. The van der Waals surface area contributed by atoms with Crippen LogP contribution in [-0.4, -0.2) is 113 Å². The smallest absolute Gasteiger partial charge is 0.397 e. The van der Waals surface area contributed by atoms with Gasteiger partial charge in [-0.25, -0.2) is 0 Å². The lowest BCUT2D eigenvalue weighted by atomic mass is 9.86. The van der Waals surface area contributed by atoms with E-state index in [1.807, 2.05) is 37.3 Å². The molecule has 6 aliphatic rings. The second-order valence-corrected chi connectivity index (χ2v) is 20.1. The number of carbonyl (C=O) groups is 4. The van der Waals surface area contributed by atoms with Crippen LogP contribution in [0.2, 0.25) is 0 Å². The van der Waals surface area contributed by atoms with Crippen LogP contribution in [0, 0.1) is 28.6 Å². The molecular weight excluding hydrogens is 823 g/mol. The zero-order valence-electron chi connectivity index (χ0n) is 36.6. The number of likely N-dealkylation sites (tertiary alicyclic amines) is 1. The van der Waals surface area contributed by atoms with Gasteiger partial charge in [-0.1, -0.05) is 25.1 Å². The summed E-state index contributed by atoms with van der Waals surface area (Å²) in [4.78, 5) is 55.2. The van der Waals surface area contributed by atoms with E-state index in [2.05, 4.69) is 11.0 Å². The van der Waals surface area contributed by atoms with E-state index in [-0.39, 0.29) is 42.9 Å².